The van der Waals surface area contributed by atoms with Gasteiger partial charge in [0.1, 0.15) is 5.82 Å². The fourth-order valence-electron chi connectivity index (χ4n) is 4.73. The van der Waals surface area contributed by atoms with Crippen LogP contribution in [0.25, 0.3) is 0 Å². The van der Waals surface area contributed by atoms with Crippen molar-refractivity contribution in [1.82, 2.24) is 19.6 Å². The molecule has 14 heteroatoms. The fraction of sp³-hybridized carbons (Fsp3) is 0.385. The van der Waals surface area contributed by atoms with Crippen LogP contribution in [0.5, 0.6) is 0 Å². The molecule has 0 spiro atoms. The highest BCUT2D eigenvalue weighted by Crippen LogP contribution is 2.33. The zero-order valence-corrected chi connectivity index (χ0v) is 24.7. The molecule has 2 aromatic heterocycles. The molecule has 0 saturated carbocycles. The van der Waals surface area contributed by atoms with Gasteiger partial charge in [-0.15, -0.1) is 11.3 Å². The normalized spacial score (nSPS) is 15.2. The third-order valence-electron chi connectivity index (χ3n) is 6.56. The van der Waals surface area contributed by atoms with Crippen LogP contribution in [0.15, 0.2) is 47.6 Å². The van der Waals surface area contributed by atoms with Gasteiger partial charge in [0.05, 0.1) is 27.3 Å². The Morgan fingerprint density at radius 3 is 2.58 bits per heavy atom. The van der Waals surface area contributed by atoms with Gasteiger partial charge in [0.2, 0.25) is 21.5 Å². The molecular weight excluding hydrogens is 578 g/mol. The van der Waals surface area contributed by atoms with Gasteiger partial charge in [-0.25, -0.2) is 18.2 Å². The number of aromatic nitrogens is 2. The van der Waals surface area contributed by atoms with Gasteiger partial charge in [0.25, 0.3) is 5.91 Å². The minimum absolute atomic E-state index is 0.0166. The molecule has 1 aliphatic heterocycles. The van der Waals surface area contributed by atoms with E-state index in [4.69, 9.17) is 16.3 Å². The van der Waals surface area contributed by atoms with Crippen molar-refractivity contribution < 1.29 is 27.5 Å². The first-order chi connectivity index (χ1) is 19.0. The van der Waals surface area contributed by atoms with Gasteiger partial charge < -0.3 is 19.5 Å². The van der Waals surface area contributed by atoms with Crippen molar-refractivity contribution in [3.05, 3.63) is 63.3 Å². The number of aryl methyl sites for hydroxylation is 1. The summed E-state index contributed by atoms with van der Waals surface area (Å²) >= 11 is 7.02. The molecule has 4 rings (SSSR count). The van der Waals surface area contributed by atoms with Crippen LogP contribution in [-0.2, 0) is 43.4 Å². The summed E-state index contributed by atoms with van der Waals surface area (Å²) in [5, 5.41) is 2.65. The number of imidazole rings is 1. The van der Waals surface area contributed by atoms with Crippen LogP contribution in [0.3, 0.4) is 0 Å². The zero-order chi connectivity index (χ0) is 29.1. The smallest absolute Gasteiger partial charge is 0.337 e. The summed E-state index contributed by atoms with van der Waals surface area (Å²) in [5.41, 5.74) is -1.19. The quantitative estimate of drug-likeness (QED) is 0.319. The Bertz CT molecular complexity index is 1540. The molecule has 0 aliphatic carbocycles. The Labute approximate surface area is 241 Å². The van der Waals surface area contributed by atoms with Crippen molar-refractivity contribution in [1.29, 1.82) is 0 Å². The topological polar surface area (TPSA) is 140 Å². The number of hydrogen-bond acceptors (Lipinski definition) is 8. The lowest BCUT2D eigenvalue weighted by Crippen LogP contribution is -2.60. The van der Waals surface area contributed by atoms with Gasteiger partial charge in [0.15, 0.2) is 0 Å². The summed E-state index contributed by atoms with van der Waals surface area (Å²) in [7, 11) is -2.86. The van der Waals surface area contributed by atoms with Crippen molar-refractivity contribution >= 4 is 56.4 Å². The highest BCUT2D eigenvalue weighted by Gasteiger charge is 2.49. The first-order valence-corrected chi connectivity index (χ1v) is 15.4. The number of nitrogens with one attached hydrogen (secondary N) is 2. The highest BCUT2D eigenvalue weighted by molar-refractivity contribution is 7.89. The van der Waals surface area contributed by atoms with Crippen LogP contribution in [0.2, 0.25) is 4.34 Å². The van der Waals surface area contributed by atoms with Crippen molar-refractivity contribution in [2.24, 2.45) is 7.05 Å². The molecule has 3 heterocycles. The SMILES string of the molecule is CCOC(=O)[C@](CNC(=O)c1ccc(Cl)s1)(NS(=O)(=O)c1cccc(N2CCCC2=O)c1CC)c1nccn1C. The van der Waals surface area contributed by atoms with Gasteiger partial charge in [0, 0.05) is 38.1 Å². The predicted octanol–water partition coefficient (Wildman–Crippen LogP) is 2.99. The summed E-state index contributed by atoms with van der Waals surface area (Å²) in [6, 6.07) is 7.78. The molecular formula is C26H30ClN5O6S2. The maximum atomic E-state index is 14.1. The molecule has 1 atom stereocenters. The van der Waals surface area contributed by atoms with E-state index in [1.54, 1.807) is 50.2 Å². The molecule has 1 aromatic carbocycles. The largest absolute Gasteiger partial charge is 0.464 e. The first kappa shape index (κ1) is 29.7. The number of esters is 1. The summed E-state index contributed by atoms with van der Waals surface area (Å²) in [6.45, 7) is 3.32. The van der Waals surface area contributed by atoms with E-state index in [0.717, 1.165) is 11.3 Å². The van der Waals surface area contributed by atoms with Gasteiger partial charge in [-0.2, -0.15) is 4.72 Å². The van der Waals surface area contributed by atoms with Crippen LogP contribution in [0, 0.1) is 0 Å². The van der Waals surface area contributed by atoms with Crippen LogP contribution >= 0.6 is 22.9 Å². The number of nitrogens with zero attached hydrogens (tertiary/aromatic N) is 3. The van der Waals surface area contributed by atoms with E-state index in [1.807, 2.05) is 0 Å². The molecule has 2 amide bonds. The van der Waals surface area contributed by atoms with Crippen molar-refractivity contribution in [3.63, 3.8) is 0 Å². The Hall–Kier alpha value is -3.26. The average Bonchev–Trinajstić information content (AvgIpc) is 3.67. The molecule has 0 bridgehead atoms. The lowest BCUT2D eigenvalue weighted by Gasteiger charge is -2.32. The van der Waals surface area contributed by atoms with E-state index in [-0.39, 0.29) is 28.1 Å². The number of thiophene rings is 1. The van der Waals surface area contributed by atoms with Crippen molar-refractivity contribution in [2.75, 3.05) is 24.6 Å². The van der Waals surface area contributed by atoms with E-state index in [9.17, 15) is 22.8 Å². The van der Waals surface area contributed by atoms with E-state index < -0.39 is 34.0 Å². The molecule has 2 N–H and O–H groups in total. The van der Waals surface area contributed by atoms with Crippen LogP contribution < -0.4 is 14.9 Å². The Morgan fingerprint density at radius 1 is 1.23 bits per heavy atom. The molecule has 11 nitrogen and oxygen atoms in total. The Kier molecular flexibility index (Phi) is 8.98. The van der Waals surface area contributed by atoms with Crippen molar-refractivity contribution in [2.45, 2.75) is 43.5 Å². The minimum Gasteiger partial charge on any atom is -0.464 e. The first-order valence-electron chi connectivity index (χ1n) is 12.7. The third-order valence-corrected chi connectivity index (χ3v) is 9.37. The third kappa shape index (κ3) is 5.78. The van der Waals surface area contributed by atoms with Crippen LogP contribution in [-0.4, -0.2) is 55.4 Å². The van der Waals surface area contributed by atoms with E-state index in [0.29, 0.717) is 41.4 Å². The second kappa shape index (κ2) is 12.1. The van der Waals surface area contributed by atoms with Gasteiger partial charge in [-0.3, -0.25) is 9.59 Å². The Balaban J connectivity index is 1.81. The number of hydrogen-bond donors (Lipinski definition) is 2. The summed E-state index contributed by atoms with van der Waals surface area (Å²) in [4.78, 5) is 45.1. The molecule has 0 radical (unpaired) electrons. The maximum absolute atomic E-state index is 14.1. The van der Waals surface area contributed by atoms with E-state index in [2.05, 4.69) is 15.0 Å². The molecule has 1 saturated heterocycles. The summed E-state index contributed by atoms with van der Waals surface area (Å²) in [5.74, 6) is -1.56. The number of ether oxygens (including phenoxy) is 1. The highest BCUT2D eigenvalue weighted by atomic mass is 35.5. The Morgan fingerprint density at radius 2 is 2.00 bits per heavy atom. The van der Waals surface area contributed by atoms with Gasteiger partial charge in [-0.1, -0.05) is 24.6 Å². The number of benzene rings is 1. The summed E-state index contributed by atoms with van der Waals surface area (Å²) < 4.78 is 38.0. The number of amides is 2. The predicted molar refractivity (Wildman–Crippen MR) is 151 cm³/mol. The lowest BCUT2D eigenvalue weighted by molar-refractivity contribution is -0.151. The van der Waals surface area contributed by atoms with Gasteiger partial charge in [-0.05, 0) is 49.6 Å². The van der Waals surface area contributed by atoms with Crippen molar-refractivity contribution in [3.8, 4) is 0 Å². The zero-order valence-electron chi connectivity index (χ0n) is 22.3. The van der Waals surface area contributed by atoms with Crippen LogP contribution in [0.4, 0.5) is 5.69 Å². The number of carbonyl (C=O) groups excluding carboxylic acids is 3. The number of rotatable bonds is 11. The molecule has 214 valence electrons. The standard InChI is InChI=1S/C26H30ClN5O6S2/c1-4-17-18(32-14-7-10-22(32)33)8-6-9-20(17)40(36,37)30-26(25(35)38-5-2,24-28-13-15-31(24)3)16-29-23(34)19-11-12-21(27)39-19/h6,8-9,11-13,15,30H,4-5,7,10,14,16H2,1-3H3,(H,29,34)/t26-/m1/s1. The number of halogens is 1. The average molecular weight is 608 g/mol. The molecule has 40 heavy (non-hydrogen) atoms. The molecule has 1 fully saturated rings. The summed E-state index contributed by atoms with van der Waals surface area (Å²) in [6.07, 6.45) is 4.34. The minimum atomic E-state index is -4.46. The van der Waals surface area contributed by atoms with E-state index in [1.165, 1.54) is 22.9 Å². The van der Waals surface area contributed by atoms with Gasteiger partial charge >= 0.3 is 5.97 Å². The number of anilines is 1. The van der Waals surface area contributed by atoms with Crippen LogP contribution in [0.1, 0.15) is 47.7 Å². The lowest BCUT2D eigenvalue weighted by atomic mass is 9.99. The molecule has 1 aliphatic rings. The molecule has 3 aromatic rings. The fourth-order valence-corrected chi connectivity index (χ4v) is 7.34. The molecule has 0 unspecified atom stereocenters. The second-order valence-corrected chi connectivity index (χ2v) is 12.5. The number of carbonyl (C=O) groups is 3. The maximum Gasteiger partial charge on any atom is 0.337 e. The number of sulfonamides is 1. The van der Waals surface area contributed by atoms with E-state index >= 15 is 0 Å². The second-order valence-electron chi connectivity index (χ2n) is 9.14. The monoisotopic (exact) mass is 607 g/mol.